The predicted octanol–water partition coefficient (Wildman–Crippen LogP) is 4.37. The second kappa shape index (κ2) is 8.40. The van der Waals surface area contributed by atoms with Crippen LogP contribution in [0.25, 0.3) is 0 Å². The molecule has 1 fully saturated rings. The Bertz CT molecular complexity index is 1000. The smallest absolute Gasteiger partial charge is 0.271 e. The molecule has 2 aromatic carbocycles. The fourth-order valence-corrected chi connectivity index (χ4v) is 4.88. The van der Waals surface area contributed by atoms with E-state index >= 15 is 0 Å². The molecule has 0 atom stereocenters. The van der Waals surface area contributed by atoms with Crippen molar-refractivity contribution in [3.05, 3.63) is 55.5 Å². The Morgan fingerprint density at radius 1 is 1.04 bits per heavy atom. The third-order valence-corrected chi connectivity index (χ3v) is 6.65. The van der Waals surface area contributed by atoms with Crippen LogP contribution in [0.15, 0.2) is 35.2 Å². The summed E-state index contributed by atoms with van der Waals surface area (Å²) in [6.45, 7) is 1.07. The summed E-state index contributed by atoms with van der Waals surface area (Å²) >= 11 is 18.4. The van der Waals surface area contributed by atoms with E-state index < -0.39 is 14.9 Å². The van der Waals surface area contributed by atoms with Gasteiger partial charge in [0, 0.05) is 25.2 Å². The van der Waals surface area contributed by atoms with Crippen LogP contribution < -0.4 is 4.74 Å². The van der Waals surface area contributed by atoms with E-state index in [0.717, 1.165) is 6.07 Å². The van der Waals surface area contributed by atoms with Crippen molar-refractivity contribution in [3.8, 4) is 11.5 Å². The van der Waals surface area contributed by atoms with Gasteiger partial charge in [-0.05, 0) is 18.2 Å². The van der Waals surface area contributed by atoms with Crippen LogP contribution in [0.2, 0.25) is 15.1 Å². The Morgan fingerprint density at radius 3 is 2.18 bits per heavy atom. The Kier molecular flexibility index (Phi) is 6.33. The van der Waals surface area contributed by atoms with Crippen LogP contribution in [0.5, 0.6) is 11.5 Å². The summed E-state index contributed by atoms with van der Waals surface area (Å²) in [5.41, 5.74) is -0.207. The van der Waals surface area contributed by atoms with Gasteiger partial charge in [0.15, 0.2) is 5.75 Å². The molecule has 0 radical (unpaired) electrons. The van der Waals surface area contributed by atoms with Crippen molar-refractivity contribution >= 4 is 50.5 Å². The van der Waals surface area contributed by atoms with E-state index in [0.29, 0.717) is 13.2 Å². The molecule has 0 aliphatic carbocycles. The third kappa shape index (κ3) is 4.35. The Morgan fingerprint density at radius 2 is 1.64 bits per heavy atom. The average Bonchev–Trinajstić information content (AvgIpc) is 2.66. The van der Waals surface area contributed by atoms with Gasteiger partial charge in [-0.1, -0.05) is 34.8 Å². The summed E-state index contributed by atoms with van der Waals surface area (Å²) in [6, 6.07) is 6.08. The molecule has 0 saturated carbocycles. The van der Waals surface area contributed by atoms with Gasteiger partial charge in [-0.2, -0.15) is 4.31 Å². The summed E-state index contributed by atoms with van der Waals surface area (Å²) in [5, 5.41) is 10.7. The highest BCUT2D eigenvalue weighted by molar-refractivity contribution is 7.89. The van der Waals surface area contributed by atoms with Crippen LogP contribution in [0.4, 0.5) is 5.69 Å². The molecule has 3 rings (SSSR count). The fourth-order valence-electron chi connectivity index (χ4n) is 2.52. The minimum atomic E-state index is -3.79. The number of non-ortho nitro benzene ring substituents is 1. The van der Waals surface area contributed by atoms with Gasteiger partial charge in [-0.25, -0.2) is 8.42 Å². The van der Waals surface area contributed by atoms with Crippen LogP contribution in [0.1, 0.15) is 0 Å². The van der Waals surface area contributed by atoms with Gasteiger partial charge < -0.3 is 9.47 Å². The Balaban J connectivity index is 1.91. The molecule has 2 aromatic rings. The number of sulfonamides is 1. The topological polar surface area (TPSA) is 99.0 Å². The maximum Gasteiger partial charge on any atom is 0.271 e. The van der Waals surface area contributed by atoms with Gasteiger partial charge in [-0.3, -0.25) is 10.1 Å². The number of benzene rings is 2. The van der Waals surface area contributed by atoms with Crippen LogP contribution in [0, 0.1) is 10.1 Å². The molecule has 0 amide bonds. The predicted molar refractivity (Wildman–Crippen MR) is 104 cm³/mol. The molecule has 150 valence electrons. The first-order chi connectivity index (χ1) is 13.2. The quantitative estimate of drug-likeness (QED) is 0.478. The molecule has 0 N–H and O–H groups in total. The number of halogens is 3. The number of nitro benzene ring substituents is 1. The minimum Gasteiger partial charge on any atom is -0.453 e. The van der Waals surface area contributed by atoms with E-state index in [-0.39, 0.29) is 50.2 Å². The van der Waals surface area contributed by atoms with E-state index in [2.05, 4.69) is 0 Å². The van der Waals surface area contributed by atoms with Crippen molar-refractivity contribution in [2.75, 3.05) is 26.3 Å². The second-order valence-corrected chi connectivity index (χ2v) is 8.87. The SMILES string of the molecule is O=[N+]([O-])c1ccc(Oc2c(Cl)cc(S(=O)(=O)N3CCOCC3)cc2Cl)c(Cl)c1. The number of hydrogen-bond donors (Lipinski definition) is 0. The van der Waals surface area contributed by atoms with Gasteiger partial charge in [0.1, 0.15) is 5.75 Å². The van der Waals surface area contributed by atoms with Crippen molar-refractivity contribution in [1.82, 2.24) is 4.31 Å². The number of nitrogens with zero attached hydrogens (tertiary/aromatic N) is 2. The number of ether oxygens (including phenoxy) is 2. The molecule has 0 aromatic heterocycles. The molecule has 1 saturated heterocycles. The lowest BCUT2D eigenvalue weighted by atomic mass is 10.3. The van der Waals surface area contributed by atoms with E-state index in [1.165, 1.54) is 28.6 Å². The second-order valence-electron chi connectivity index (χ2n) is 5.71. The zero-order valence-electron chi connectivity index (χ0n) is 14.1. The fraction of sp³-hybridized carbons (Fsp3) is 0.250. The molecule has 0 bridgehead atoms. The number of nitro groups is 1. The molecule has 0 unspecified atom stereocenters. The Hall–Kier alpha value is -1.62. The van der Waals surface area contributed by atoms with Crippen LogP contribution in [-0.2, 0) is 14.8 Å². The molecule has 12 heteroatoms. The number of hydrogen-bond acceptors (Lipinski definition) is 6. The van der Waals surface area contributed by atoms with Gasteiger partial charge in [0.05, 0.1) is 38.1 Å². The van der Waals surface area contributed by atoms with Crippen molar-refractivity contribution in [2.24, 2.45) is 0 Å². The van der Waals surface area contributed by atoms with Gasteiger partial charge in [0.2, 0.25) is 10.0 Å². The lowest BCUT2D eigenvalue weighted by Crippen LogP contribution is -2.40. The van der Waals surface area contributed by atoms with Crippen LogP contribution in [-0.4, -0.2) is 43.9 Å². The summed E-state index contributed by atoms with van der Waals surface area (Å²) in [5.74, 6) is 0.0693. The van der Waals surface area contributed by atoms with Crippen molar-refractivity contribution in [1.29, 1.82) is 0 Å². The van der Waals surface area contributed by atoms with Crippen LogP contribution >= 0.6 is 34.8 Å². The lowest BCUT2D eigenvalue weighted by molar-refractivity contribution is -0.384. The summed E-state index contributed by atoms with van der Waals surface area (Å²) in [6.07, 6.45) is 0. The van der Waals surface area contributed by atoms with Gasteiger partial charge in [-0.15, -0.1) is 0 Å². The first-order valence-corrected chi connectivity index (χ1v) is 10.5. The number of rotatable bonds is 5. The van der Waals surface area contributed by atoms with Crippen molar-refractivity contribution < 1.29 is 22.8 Å². The average molecular weight is 468 g/mol. The lowest BCUT2D eigenvalue weighted by Gasteiger charge is -2.26. The molecule has 1 aliphatic rings. The first-order valence-electron chi connectivity index (χ1n) is 7.89. The minimum absolute atomic E-state index is 0.0139. The van der Waals surface area contributed by atoms with Gasteiger partial charge >= 0.3 is 0 Å². The molecule has 8 nitrogen and oxygen atoms in total. The van der Waals surface area contributed by atoms with E-state index in [9.17, 15) is 18.5 Å². The molecule has 1 heterocycles. The zero-order chi connectivity index (χ0) is 20.5. The highest BCUT2D eigenvalue weighted by Crippen LogP contribution is 2.41. The largest absolute Gasteiger partial charge is 0.453 e. The Labute approximate surface area is 175 Å². The van der Waals surface area contributed by atoms with E-state index in [1.54, 1.807) is 0 Å². The first kappa shape index (κ1) is 21.1. The third-order valence-electron chi connectivity index (χ3n) is 3.92. The maximum atomic E-state index is 12.7. The zero-order valence-corrected chi connectivity index (χ0v) is 17.2. The summed E-state index contributed by atoms with van der Waals surface area (Å²) < 4.78 is 37.5. The van der Waals surface area contributed by atoms with Crippen molar-refractivity contribution in [2.45, 2.75) is 4.90 Å². The van der Waals surface area contributed by atoms with E-state index in [4.69, 9.17) is 44.3 Å². The summed E-state index contributed by atoms with van der Waals surface area (Å²) in [7, 11) is -3.79. The summed E-state index contributed by atoms with van der Waals surface area (Å²) in [4.78, 5) is 10.1. The molecule has 0 spiro atoms. The van der Waals surface area contributed by atoms with Crippen LogP contribution in [0.3, 0.4) is 0 Å². The molecule has 28 heavy (non-hydrogen) atoms. The number of morpholine rings is 1. The normalized spacial score (nSPS) is 15.4. The van der Waals surface area contributed by atoms with Crippen molar-refractivity contribution in [3.63, 3.8) is 0 Å². The van der Waals surface area contributed by atoms with E-state index in [1.807, 2.05) is 0 Å². The maximum absolute atomic E-state index is 12.7. The highest BCUT2D eigenvalue weighted by atomic mass is 35.5. The standard InChI is InChI=1S/C16H13Cl3N2O6S/c17-12-7-10(21(22)23)1-2-15(12)27-16-13(18)8-11(9-14(16)19)28(24,25)20-3-5-26-6-4-20/h1-2,7-9H,3-6H2. The van der Waals surface area contributed by atoms with Gasteiger partial charge in [0.25, 0.3) is 5.69 Å². The molecule has 1 aliphatic heterocycles. The molecular formula is C16H13Cl3N2O6S. The monoisotopic (exact) mass is 466 g/mol. The highest BCUT2D eigenvalue weighted by Gasteiger charge is 2.28. The molecular weight excluding hydrogens is 455 g/mol.